The first-order valence-electron chi connectivity index (χ1n) is 12.3. The monoisotopic (exact) mass is 392 g/mol. The van der Waals surface area contributed by atoms with Gasteiger partial charge in [-0.25, -0.2) is 0 Å². The zero-order chi connectivity index (χ0) is 20.5. The van der Waals surface area contributed by atoms with Crippen LogP contribution in [0.1, 0.15) is 129 Å². The summed E-state index contributed by atoms with van der Waals surface area (Å²) in [5.41, 5.74) is 0. The van der Waals surface area contributed by atoms with Crippen molar-refractivity contribution in [3.05, 3.63) is 24.3 Å². The van der Waals surface area contributed by atoms with Gasteiger partial charge in [0, 0.05) is 13.0 Å². The second-order valence-corrected chi connectivity index (χ2v) is 8.17. The molecule has 0 aliphatic carbocycles. The summed E-state index contributed by atoms with van der Waals surface area (Å²) in [5, 5.41) is 8.71. The van der Waals surface area contributed by atoms with E-state index < -0.39 is 0 Å². The average molecular weight is 393 g/mol. The molecule has 164 valence electrons. The number of hydrogen-bond donors (Lipinski definition) is 1. The van der Waals surface area contributed by atoms with Gasteiger partial charge in [0.1, 0.15) is 0 Å². The van der Waals surface area contributed by atoms with Gasteiger partial charge < -0.3 is 5.11 Å². The molecule has 0 spiro atoms. The van der Waals surface area contributed by atoms with Crippen molar-refractivity contribution in [2.75, 3.05) is 6.61 Å². The van der Waals surface area contributed by atoms with E-state index in [0.29, 0.717) is 13.0 Å². The Morgan fingerprint density at radius 2 is 1.14 bits per heavy atom. The molecule has 0 heterocycles. The largest absolute Gasteiger partial charge is 0.396 e. The molecule has 2 heteroatoms. The van der Waals surface area contributed by atoms with Crippen LogP contribution in [-0.2, 0) is 4.79 Å². The molecule has 0 aromatic heterocycles. The first-order chi connectivity index (χ1) is 13.8. The summed E-state index contributed by atoms with van der Waals surface area (Å²) in [6, 6.07) is 0. The predicted molar refractivity (Wildman–Crippen MR) is 124 cm³/mol. The van der Waals surface area contributed by atoms with Crippen molar-refractivity contribution in [2.24, 2.45) is 0 Å². The molecule has 2 nitrogen and oxygen atoms in total. The average Bonchev–Trinajstić information content (AvgIpc) is 2.70. The minimum Gasteiger partial charge on any atom is -0.396 e. The maximum atomic E-state index is 11.8. The second-order valence-electron chi connectivity index (χ2n) is 8.17. The van der Waals surface area contributed by atoms with Crippen molar-refractivity contribution in [3.8, 4) is 0 Å². The van der Waals surface area contributed by atoms with Crippen LogP contribution in [0.3, 0.4) is 0 Å². The Bertz CT molecular complexity index is 371. The minimum absolute atomic E-state index is 0.245. The first kappa shape index (κ1) is 27.1. The maximum absolute atomic E-state index is 11.8. The molecule has 0 radical (unpaired) electrons. The van der Waals surface area contributed by atoms with Crippen LogP contribution in [0.2, 0.25) is 0 Å². The number of allylic oxidation sites excluding steroid dienone is 4. The lowest BCUT2D eigenvalue weighted by molar-refractivity contribution is -0.114. The number of aliphatic hydroxyl groups is 1. The molecule has 0 bridgehead atoms. The first-order valence-corrected chi connectivity index (χ1v) is 12.3. The van der Waals surface area contributed by atoms with Gasteiger partial charge in [-0.1, -0.05) is 115 Å². The maximum Gasteiger partial charge on any atom is 0.155 e. The van der Waals surface area contributed by atoms with E-state index in [1.54, 1.807) is 6.08 Å². The lowest BCUT2D eigenvalue weighted by Gasteiger charge is -2.01. The quantitative estimate of drug-likeness (QED) is 0.115. The summed E-state index contributed by atoms with van der Waals surface area (Å²) in [7, 11) is 0. The third-order valence-electron chi connectivity index (χ3n) is 5.33. The lowest BCUT2D eigenvalue weighted by atomic mass is 10.1. The van der Waals surface area contributed by atoms with E-state index in [4.69, 9.17) is 5.11 Å². The standard InChI is InChI=1S/C26H48O2/c1-2-3-4-5-6-7-8-9-10-11-12-13-14-17-20-23-26(28)24-21-18-15-16-19-22-25-27/h14,17,20,23,27H,2-13,15-16,18-19,21-22,24-25H2,1H3. The third-order valence-corrected chi connectivity index (χ3v) is 5.33. The number of ketones is 1. The molecule has 0 aromatic rings. The lowest BCUT2D eigenvalue weighted by Crippen LogP contribution is -1.92. The van der Waals surface area contributed by atoms with Crippen LogP contribution in [0.5, 0.6) is 0 Å². The van der Waals surface area contributed by atoms with Crippen molar-refractivity contribution in [3.63, 3.8) is 0 Å². The van der Waals surface area contributed by atoms with Gasteiger partial charge in [0.2, 0.25) is 0 Å². The Kier molecular flexibility index (Phi) is 23.4. The molecule has 0 saturated carbocycles. The smallest absolute Gasteiger partial charge is 0.155 e. The summed E-state index contributed by atoms with van der Waals surface area (Å²) in [6.07, 6.45) is 31.4. The molecule has 0 aliphatic rings. The van der Waals surface area contributed by atoms with Crippen LogP contribution in [-0.4, -0.2) is 17.5 Å². The number of carbonyl (C=O) groups excluding carboxylic acids is 1. The fourth-order valence-corrected chi connectivity index (χ4v) is 3.47. The van der Waals surface area contributed by atoms with E-state index in [1.165, 1.54) is 83.5 Å². The van der Waals surface area contributed by atoms with Gasteiger partial charge in [0.25, 0.3) is 0 Å². The molecule has 0 amide bonds. The van der Waals surface area contributed by atoms with E-state index in [0.717, 1.165) is 32.1 Å². The van der Waals surface area contributed by atoms with Crippen LogP contribution in [0, 0.1) is 0 Å². The molecule has 0 rings (SSSR count). The predicted octanol–water partition coefficient (Wildman–Crippen LogP) is 8.09. The number of rotatable bonds is 22. The van der Waals surface area contributed by atoms with Gasteiger partial charge in [-0.05, 0) is 31.8 Å². The highest BCUT2D eigenvalue weighted by molar-refractivity contribution is 5.89. The zero-order valence-corrected chi connectivity index (χ0v) is 18.8. The molecule has 28 heavy (non-hydrogen) atoms. The summed E-state index contributed by atoms with van der Waals surface area (Å²) >= 11 is 0. The van der Waals surface area contributed by atoms with Crippen molar-refractivity contribution in [1.29, 1.82) is 0 Å². The van der Waals surface area contributed by atoms with Crippen LogP contribution in [0.25, 0.3) is 0 Å². The molecule has 0 aromatic carbocycles. The third kappa shape index (κ3) is 23.1. The van der Waals surface area contributed by atoms with Crippen LogP contribution in [0.15, 0.2) is 24.3 Å². The van der Waals surface area contributed by atoms with Crippen molar-refractivity contribution >= 4 is 5.78 Å². The molecule has 0 saturated heterocycles. The molecule has 1 N–H and O–H groups in total. The van der Waals surface area contributed by atoms with Crippen molar-refractivity contribution in [2.45, 2.75) is 129 Å². The van der Waals surface area contributed by atoms with E-state index in [1.807, 2.05) is 12.2 Å². The minimum atomic E-state index is 0.245. The van der Waals surface area contributed by atoms with Gasteiger partial charge in [-0.2, -0.15) is 0 Å². The van der Waals surface area contributed by atoms with Crippen molar-refractivity contribution in [1.82, 2.24) is 0 Å². The van der Waals surface area contributed by atoms with Crippen LogP contribution >= 0.6 is 0 Å². The van der Waals surface area contributed by atoms with Gasteiger partial charge in [-0.15, -0.1) is 0 Å². The van der Waals surface area contributed by atoms with E-state index in [2.05, 4.69) is 13.0 Å². The molecule has 0 aliphatic heterocycles. The Morgan fingerprint density at radius 3 is 1.71 bits per heavy atom. The van der Waals surface area contributed by atoms with Crippen molar-refractivity contribution < 1.29 is 9.90 Å². The second kappa shape index (κ2) is 24.1. The number of aliphatic hydroxyl groups excluding tert-OH is 1. The molecule has 0 atom stereocenters. The topological polar surface area (TPSA) is 37.3 Å². The summed E-state index contributed by atoms with van der Waals surface area (Å²) < 4.78 is 0. The highest BCUT2D eigenvalue weighted by atomic mass is 16.2. The highest BCUT2D eigenvalue weighted by Gasteiger charge is 1.96. The Morgan fingerprint density at radius 1 is 0.643 bits per heavy atom. The van der Waals surface area contributed by atoms with Crippen LogP contribution < -0.4 is 0 Å². The molecular formula is C26H48O2. The molecule has 0 fully saturated rings. The van der Waals surface area contributed by atoms with Gasteiger partial charge in [0.05, 0.1) is 0 Å². The number of unbranched alkanes of at least 4 members (excludes halogenated alkanes) is 16. The number of hydrogen-bond acceptors (Lipinski definition) is 2. The van der Waals surface area contributed by atoms with E-state index >= 15 is 0 Å². The normalized spacial score (nSPS) is 11.8. The van der Waals surface area contributed by atoms with E-state index in [-0.39, 0.29) is 5.78 Å². The van der Waals surface area contributed by atoms with Gasteiger partial charge >= 0.3 is 0 Å². The fourth-order valence-electron chi connectivity index (χ4n) is 3.47. The highest BCUT2D eigenvalue weighted by Crippen LogP contribution is 2.12. The SMILES string of the molecule is CCCCCCCCCCCCCC=CC=CC(=O)CCCCCCCCO. The number of carbonyl (C=O) groups is 1. The van der Waals surface area contributed by atoms with Crippen LogP contribution in [0.4, 0.5) is 0 Å². The van der Waals surface area contributed by atoms with E-state index in [9.17, 15) is 4.79 Å². The summed E-state index contributed by atoms with van der Waals surface area (Å²) in [4.78, 5) is 11.8. The van der Waals surface area contributed by atoms with Gasteiger partial charge in [0.15, 0.2) is 5.78 Å². The zero-order valence-electron chi connectivity index (χ0n) is 18.8. The summed E-state index contributed by atoms with van der Waals surface area (Å²) in [6.45, 7) is 2.58. The summed E-state index contributed by atoms with van der Waals surface area (Å²) in [5.74, 6) is 0.245. The van der Waals surface area contributed by atoms with Gasteiger partial charge in [-0.3, -0.25) is 4.79 Å². The Hall–Kier alpha value is -0.890. The molecular weight excluding hydrogens is 344 g/mol. The fraction of sp³-hybridized carbons (Fsp3) is 0.808. The molecule has 0 unspecified atom stereocenters. The Balaban J connectivity index is 3.32. The Labute approximate surface area is 175 Å².